The number of hydrogen-bond donors (Lipinski definition) is 1. The van der Waals surface area contributed by atoms with Crippen LogP contribution in [0, 0.1) is 17.0 Å². The molecule has 2 aromatic rings. The Kier molecular flexibility index (Phi) is 7.31. The van der Waals surface area contributed by atoms with Crippen LogP contribution in [-0.4, -0.2) is 49.1 Å². The van der Waals surface area contributed by atoms with E-state index in [9.17, 15) is 24.5 Å². The Hall–Kier alpha value is -3.89. The Labute approximate surface area is 189 Å². The van der Waals surface area contributed by atoms with E-state index in [2.05, 4.69) is 5.32 Å². The molecule has 1 aromatic heterocycles. The maximum absolute atomic E-state index is 12.9. The van der Waals surface area contributed by atoms with Crippen molar-refractivity contribution in [3.8, 4) is 0 Å². The van der Waals surface area contributed by atoms with Crippen molar-refractivity contribution < 1.29 is 33.2 Å². The molecule has 176 valence electrons. The molecule has 1 saturated heterocycles. The lowest BCUT2D eigenvalue weighted by Crippen LogP contribution is -2.20. The number of carbonyl (C=O) groups excluding carboxylic acids is 3. The Morgan fingerprint density at radius 3 is 2.27 bits per heavy atom. The largest absolute Gasteiger partial charge is 0.462 e. The normalized spacial score (nSPS) is 13.0. The molecule has 0 spiro atoms. The van der Waals surface area contributed by atoms with E-state index >= 15 is 0 Å². The monoisotopic (exact) mass is 459 g/mol. The lowest BCUT2D eigenvalue weighted by atomic mass is 10.1. The van der Waals surface area contributed by atoms with Crippen LogP contribution in [0.25, 0.3) is 0 Å². The van der Waals surface area contributed by atoms with Crippen molar-refractivity contribution in [3.05, 3.63) is 50.8 Å². The summed E-state index contributed by atoms with van der Waals surface area (Å²) in [5, 5.41) is 14.1. The highest BCUT2D eigenvalue weighted by molar-refractivity contribution is 6.12. The summed E-state index contributed by atoms with van der Waals surface area (Å²) in [4.78, 5) is 50.8. The third kappa shape index (κ3) is 4.97. The van der Waals surface area contributed by atoms with E-state index in [0.717, 1.165) is 12.8 Å². The molecule has 0 radical (unpaired) electrons. The first-order valence-electron chi connectivity index (χ1n) is 10.6. The molecule has 0 atom stereocenters. The standard InChI is InChI=1S/C22H25N3O8/c1-4-31-21(27)17-13(3)33-20(18(17)22(28)32-5-2)23-19(26)14-8-9-15(16(12-14)25(29)30)24-10-6-7-11-24/h8-9,12H,4-7,10-11H2,1-3H3,(H,23,26). The summed E-state index contributed by atoms with van der Waals surface area (Å²) < 4.78 is 15.5. The fourth-order valence-corrected chi connectivity index (χ4v) is 3.69. The van der Waals surface area contributed by atoms with Gasteiger partial charge in [-0.05, 0) is 45.7 Å². The van der Waals surface area contributed by atoms with E-state index in [1.807, 2.05) is 4.90 Å². The molecule has 1 amide bonds. The minimum Gasteiger partial charge on any atom is -0.462 e. The Bertz CT molecular complexity index is 1090. The van der Waals surface area contributed by atoms with E-state index in [4.69, 9.17) is 13.9 Å². The first-order chi connectivity index (χ1) is 15.8. The van der Waals surface area contributed by atoms with Crippen LogP contribution in [0.15, 0.2) is 22.6 Å². The second-order valence-corrected chi connectivity index (χ2v) is 7.29. The number of benzene rings is 1. The molecule has 1 aliphatic rings. The van der Waals surface area contributed by atoms with Gasteiger partial charge in [-0.15, -0.1) is 0 Å². The molecular weight excluding hydrogens is 434 g/mol. The van der Waals surface area contributed by atoms with Gasteiger partial charge in [0.15, 0.2) is 0 Å². The third-order valence-corrected chi connectivity index (χ3v) is 5.15. The Balaban J connectivity index is 1.96. The number of aryl methyl sites for hydroxylation is 1. The number of rotatable bonds is 8. The molecule has 0 aliphatic carbocycles. The van der Waals surface area contributed by atoms with Crippen molar-refractivity contribution in [2.45, 2.75) is 33.6 Å². The minimum atomic E-state index is -0.872. The fraction of sp³-hybridized carbons (Fsp3) is 0.409. The predicted octanol–water partition coefficient (Wildman–Crippen LogP) is 3.70. The van der Waals surface area contributed by atoms with E-state index in [0.29, 0.717) is 18.8 Å². The zero-order chi connectivity index (χ0) is 24.1. The van der Waals surface area contributed by atoms with Crippen LogP contribution in [0.2, 0.25) is 0 Å². The fourth-order valence-electron chi connectivity index (χ4n) is 3.69. The molecule has 33 heavy (non-hydrogen) atoms. The number of carbonyl (C=O) groups is 3. The molecular formula is C22H25N3O8. The van der Waals surface area contributed by atoms with Gasteiger partial charge in [0.25, 0.3) is 11.6 Å². The Morgan fingerprint density at radius 2 is 1.70 bits per heavy atom. The molecule has 1 aromatic carbocycles. The first-order valence-corrected chi connectivity index (χ1v) is 10.6. The van der Waals surface area contributed by atoms with Crippen molar-refractivity contribution in [3.63, 3.8) is 0 Å². The second kappa shape index (κ2) is 10.2. The number of amides is 1. The maximum Gasteiger partial charge on any atom is 0.344 e. The summed E-state index contributed by atoms with van der Waals surface area (Å²) in [6.07, 6.45) is 1.88. The topological polar surface area (TPSA) is 141 Å². The summed E-state index contributed by atoms with van der Waals surface area (Å²) >= 11 is 0. The highest BCUT2D eigenvalue weighted by Gasteiger charge is 2.32. The lowest BCUT2D eigenvalue weighted by Gasteiger charge is -2.17. The van der Waals surface area contributed by atoms with Gasteiger partial charge in [0, 0.05) is 24.7 Å². The van der Waals surface area contributed by atoms with Crippen LogP contribution in [0.3, 0.4) is 0 Å². The van der Waals surface area contributed by atoms with Crippen LogP contribution in [0.1, 0.15) is 63.5 Å². The molecule has 0 unspecified atom stereocenters. The first kappa shape index (κ1) is 23.8. The molecule has 2 heterocycles. The predicted molar refractivity (Wildman–Crippen MR) is 118 cm³/mol. The highest BCUT2D eigenvalue weighted by Crippen LogP contribution is 2.33. The summed E-state index contributed by atoms with van der Waals surface area (Å²) in [6.45, 7) is 6.16. The number of anilines is 2. The number of nitro benzene ring substituents is 1. The van der Waals surface area contributed by atoms with E-state index in [-0.39, 0.29) is 47.2 Å². The van der Waals surface area contributed by atoms with Crippen LogP contribution >= 0.6 is 0 Å². The van der Waals surface area contributed by atoms with Crippen molar-refractivity contribution in [2.24, 2.45) is 0 Å². The quantitative estimate of drug-likeness (QED) is 0.355. The Morgan fingerprint density at radius 1 is 1.09 bits per heavy atom. The van der Waals surface area contributed by atoms with Gasteiger partial charge >= 0.3 is 11.9 Å². The summed E-state index contributed by atoms with van der Waals surface area (Å²) in [5.41, 5.74) is -0.186. The lowest BCUT2D eigenvalue weighted by molar-refractivity contribution is -0.384. The molecule has 11 heteroatoms. The second-order valence-electron chi connectivity index (χ2n) is 7.29. The summed E-state index contributed by atoms with van der Waals surface area (Å²) in [7, 11) is 0. The summed E-state index contributed by atoms with van der Waals surface area (Å²) in [5.74, 6) is -2.66. The van der Waals surface area contributed by atoms with Crippen molar-refractivity contribution in [1.82, 2.24) is 0 Å². The number of hydrogen-bond acceptors (Lipinski definition) is 9. The molecule has 1 fully saturated rings. The molecule has 1 N–H and O–H groups in total. The number of ether oxygens (including phenoxy) is 2. The van der Waals surface area contributed by atoms with Gasteiger partial charge in [0.05, 0.1) is 18.1 Å². The number of nitro groups is 1. The number of furan rings is 1. The van der Waals surface area contributed by atoms with Crippen LogP contribution in [0.5, 0.6) is 0 Å². The summed E-state index contributed by atoms with van der Waals surface area (Å²) in [6, 6.07) is 4.17. The van der Waals surface area contributed by atoms with Crippen LogP contribution in [-0.2, 0) is 9.47 Å². The van der Waals surface area contributed by atoms with Gasteiger partial charge in [-0.3, -0.25) is 20.2 Å². The molecule has 1 aliphatic heterocycles. The van der Waals surface area contributed by atoms with Crippen molar-refractivity contribution in [2.75, 3.05) is 36.5 Å². The van der Waals surface area contributed by atoms with Crippen molar-refractivity contribution in [1.29, 1.82) is 0 Å². The number of esters is 2. The average Bonchev–Trinajstić information content (AvgIpc) is 3.41. The van der Waals surface area contributed by atoms with Gasteiger partial charge in [-0.25, -0.2) is 9.59 Å². The van der Waals surface area contributed by atoms with E-state index in [1.165, 1.54) is 25.1 Å². The van der Waals surface area contributed by atoms with Crippen LogP contribution < -0.4 is 10.2 Å². The van der Waals surface area contributed by atoms with Gasteiger partial charge < -0.3 is 18.8 Å². The van der Waals surface area contributed by atoms with Crippen LogP contribution in [0.4, 0.5) is 17.3 Å². The van der Waals surface area contributed by atoms with Gasteiger partial charge in [0.1, 0.15) is 22.6 Å². The average molecular weight is 459 g/mol. The van der Waals surface area contributed by atoms with Gasteiger partial charge in [-0.1, -0.05) is 0 Å². The van der Waals surface area contributed by atoms with Gasteiger partial charge in [0.2, 0.25) is 5.88 Å². The van der Waals surface area contributed by atoms with Gasteiger partial charge in [-0.2, -0.15) is 0 Å². The SMILES string of the molecule is CCOC(=O)c1c(C)oc(NC(=O)c2ccc(N3CCCC3)c([N+](=O)[O-])c2)c1C(=O)OCC. The maximum atomic E-state index is 12.9. The zero-order valence-corrected chi connectivity index (χ0v) is 18.6. The van der Waals surface area contributed by atoms with Crippen molar-refractivity contribution >= 4 is 35.1 Å². The molecule has 0 saturated carbocycles. The molecule has 11 nitrogen and oxygen atoms in total. The zero-order valence-electron chi connectivity index (χ0n) is 18.6. The van der Waals surface area contributed by atoms with E-state index < -0.39 is 22.8 Å². The number of nitrogens with zero attached hydrogens (tertiary/aromatic N) is 2. The number of nitrogens with one attached hydrogen (secondary N) is 1. The van der Waals surface area contributed by atoms with E-state index in [1.54, 1.807) is 13.8 Å². The minimum absolute atomic E-state index is 0.00815. The molecule has 0 bridgehead atoms. The third-order valence-electron chi connectivity index (χ3n) is 5.15. The molecule has 3 rings (SSSR count). The smallest absolute Gasteiger partial charge is 0.344 e. The highest BCUT2D eigenvalue weighted by atomic mass is 16.6.